The second-order valence-electron chi connectivity index (χ2n) is 4.01. The molecule has 0 aliphatic rings. The first kappa shape index (κ1) is 14.0. The lowest BCUT2D eigenvalue weighted by molar-refractivity contribution is 0.0605. The van der Waals surface area contributed by atoms with Gasteiger partial charge in [0.05, 0.1) is 12.8 Å². The highest BCUT2D eigenvalue weighted by molar-refractivity contribution is 9.10. The van der Waals surface area contributed by atoms with Crippen molar-refractivity contribution in [3.63, 3.8) is 0 Å². The third-order valence-electron chi connectivity index (χ3n) is 2.61. The van der Waals surface area contributed by atoms with Crippen LogP contribution >= 0.6 is 27.3 Å². The molecule has 0 aliphatic heterocycles. The molecule has 100 valence electrons. The summed E-state index contributed by atoms with van der Waals surface area (Å²) in [5.74, 6) is -0.353. The van der Waals surface area contributed by atoms with Crippen LogP contribution in [0, 0.1) is 13.8 Å². The number of halogens is 1. The molecule has 0 aliphatic carbocycles. The van der Waals surface area contributed by atoms with Crippen molar-refractivity contribution in [2.45, 2.75) is 13.8 Å². The zero-order valence-electron chi connectivity index (χ0n) is 10.8. The number of anilines is 2. The van der Waals surface area contributed by atoms with Crippen LogP contribution in [0.2, 0.25) is 0 Å². The Balaban J connectivity index is 2.29. The molecule has 0 amide bonds. The van der Waals surface area contributed by atoms with Gasteiger partial charge in [0.15, 0.2) is 5.13 Å². The van der Waals surface area contributed by atoms with E-state index >= 15 is 0 Å². The first-order valence-corrected chi connectivity index (χ1v) is 7.21. The number of ether oxygens (including phenoxy) is 1. The Morgan fingerprint density at radius 2 is 2.16 bits per heavy atom. The van der Waals surface area contributed by atoms with Crippen LogP contribution in [-0.2, 0) is 4.74 Å². The van der Waals surface area contributed by atoms with Crippen molar-refractivity contribution < 1.29 is 9.53 Å². The number of thiazole rings is 1. The lowest BCUT2D eigenvalue weighted by Gasteiger charge is -2.06. The second-order valence-corrected chi connectivity index (χ2v) is 5.92. The van der Waals surface area contributed by atoms with E-state index in [1.807, 2.05) is 25.1 Å². The normalized spacial score (nSPS) is 10.3. The molecule has 0 saturated carbocycles. The molecule has 1 aromatic heterocycles. The summed E-state index contributed by atoms with van der Waals surface area (Å²) in [7, 11) is 1.37. The molecule has 0 saturated heterocycles. The van der Waals surface area contributed by atoms with E-state index in [0.717, 1.165) is 15.7 Å². The van der Waals surface area contributed by atoms with Gasteiger partial charge in [0, 0.05) is 10.2 Å². The van der Waals surface area contributed by atoms with Gasteiger partial charge in [0.1, 0.15) is 4.88 Å². The molecule has 2 rings (SSSR count). The summed E-state index contributed by atoms with van der Waals surface area (Å²) in [5, 5.41) is 3.90. The molecule has 0 radical (unpaired) electrons. The minimum Gasteiger partial charge on any atom is -0.465 e. The standard InChI is InChI=1S/C13H13BrN2O2S/c1-7-4-5-9(14)6-10(7)16-13-15-8(2)11(19-13)12(17)18-3/h4-6H,1-3H3,(H,15,16). The maximum Gasteiger partial charge on any atom is 0.350 e. The van der Waals surface area contributed by atoms with Crippen LogP contribution in [0.5, 0.6) is 0 Å². The molecule has 19 heavy (non-hydrogen) atoms. The number of aryl methyl sites for hydroxylation is 2. The van der Waals surface area contributed by atoms with Crippen molar-refractivity contribution in [1.29, 1.82) is 0 Å². The second kappa shape index (κ2) is 5.71. The van der Waals surface area contributed by atoms with Crippen molar-refractivity contribution >= 4 is 44.1 Å². The number of carbonyl (C=O) groups excluding carboxylic acids is 1. The van der Waals surface area contributed by atoms with Crippen LogP contribution in [0.25, 0.3) is 0 Å². The molecule has 0 unspecified atom stereocenters. The molecule has 2 aromatic rings. The lowest BCUT2D eigenvalue weighted by atomic mass is 10.2. The minimum absolute atomic E-state index is 0.353. The Kier molecular flexibility index (Phi) is 4.21. The third kappa shape index (κ3) is 3.13. The summed E-state index contributed by atoms with van der Waals surface area (Å²) in [6, 6.07) is 5.96. The average Bonchev–Trinajstić information content (AvgIpc) is 2.74. The van der Waals surface area contributed by atoms with Crippen LogP contribution in [-0.4, -0.2) is 18.1 Å². The zero-order chi connectivity index (χ0) is 14.0. The highest BCUT2D eigenvalue weighted by Gasteiger charge is 2.16. The third-order valence-corrected chi connectivity index (χ3v) is 4.15. The Bertz CT molecular complexity index is 625. The Hall–Kier alpha value is -1.40. The van der Waals surface area contributed by atoms with Crippen LogP contribution in [0.3, 0.4) is 0 Å². The van der Waals surface area contributed by atoms with Crippen LogP contribution in [0.15, 0.2) is 22.7 Å². The molecule has 0 bridgehead atoms. The number of carbonyl (C=O) groups is 1. The number of nitrogens with one attached hydrogen (secondary N) is 1. The van der Waals surface area contributed by atoms with Gasteiger partial charge in [0.25, 0.3) is 0 Å². The molecule has 1 heterocycles. The summed E-state index contributed by atoms with van der Waals surface area (Å²) in [4.78, 5) is 16.4. The fourth-order valence-corrected chi connectivity index (χ4v) is 2.83. The molecule has 0 fully saturated rings. The highest BCUT2D eigenvalue weighted by atomic mass is 79.9. The zero-order valence-corrected chi connectivity index (χ0v) is 13.2. The number of aromatic nitrogens is 1. The molecular formula is C13H13BrN2O2S. The van der Waals surface area contributed by atoms with Gasteiger partial charge in [-0.3, -0.25) is 0 Å². The number of nitrogens with zero attached hydrogens (tertiary/aromatic N) is 1. The lowest BCUT2D eigenvalue weighted by Crippen LogP contribution is -1.99. The number of benzene rings is 1. The maximum atomic E-state index is 11.5. The molecule has 1 aromatic carbocycles. The molecule has 6 heteroatoms. The minimum atomic E-state index is -0.353. The molecule has 0 spiro atoms. The fraction of sp³-hybridized carbons (Fsp3) is 0.231. The predicted octanol–water partition coefficient (Wildman–Crippen LogP) is 4.05. The van der Waals surface area contributed by atoms with E-state index in [2.05, 4.69) is 26.2 Å². The summed E-state index contributed by atoms with van der Waals surface area (Å²) in [6.45, 7) is 3.80. The van der Waals surface area contributed by atoms with E-state index in [1.165, 1.54) is 18.4 Å². The predicted molar refractivity (Wildman–Crippen MR) is 80.4 cm³/mol. The highest BCUT2D eigenvalue weighted by Crippen LogP contribution is 2.29. The van der Waals surface area contributed by atoms with Gasteiger partial charge in [-0.15, -0.1) is 0 Å². The summed E-state index contributed by atoms with van der Waals surface area (Å²) in [6.07, 6.45) is 0. The average molecular weight is 341 g/mol. The number of hydrogen-bond donors (Lipinski definition) is 1. The van der Waals surface area contributed by atoms with Gasteiger partial charge < -0.3 is 10.1 Å². The Labute approximate surface area is 124 Å². The molecule has 4 nitrogen and oxygen atoms in total. The van der Waals surface area contributed by atoms with Crippen molar-refractivity contribution in [2.75, 3.05) is 12.4 Å². The van der Waals surface area contributed by atoms with Crippen LogP contribution in [0.1, 0.15) is 20.9 Å². The van der Waals surface area contributed by atoms with Gasteiger partial charge in [-0.25, -0.2) is 9.78 Å². The van der Waals surface area contributed by atoms with E-state index in [-0.39, 0.29) is 5.97 Å². The number of esters is 1. The molecule has 1 N–H and O–H groups in total. The number of rotatable bonds is 3. The topological polar surface area (TPSA) is 51.2 Å². The van der Waals surface area contributed by atoms with Crippen molar-refractivity contribution in [3.05, 3.63) is 38.8 Å². The van der Waals surface area contributed by atoms with Crippen LogP contribution in [0.4, 0.5) is 10.8 Å². The van der Waals surface area contributed by atoms with Crippen LogP contribution < -0.4 is 5.32 Å². The van der Waals surface area contributed by atoms with Crippen molar-refractivity contribution in [3.8, 4) is 0 Å². The summed E-state index contributed by atoms with van der Waals surface area (Å²) >= 11 is 4.72. The quantitative estimate of drug-likeness (QED) is 0.856. The summed E-state index contributed by atoms with van der Waals surface area (Å²) < 4.78 is 5.71. The first-order valence-electron chi connectivity index (χ1n) is 5.60. The molecular weight excluding hydrogens is 328 g/mol. The largest absolute Gasteiger partial charge is 0.465 e. The number of hydrogen-bond acceptors (Lipinski definition) is 5. The van der Waals surface area contributed by atoms with Gasteiger partial charge in [-0.1, -0.05) is 33.3 Å². The van der Waals surface area contributed by atoms with Gasteiger partial charge in [-0.2, -0.15) is 0 Å². The van der Waals surface area contributed by atoms with E-state index in [9.17, 15) is 4.79 Å². The van der Waals surface area contributed by atoms with Gasteiger partial charge in [-0.05, 0) is 31.5 Å². The Morgan fingerprint density at radius 1 is 1.42 bits per heavy atom. The fourth-order valence-electron chi connectivity index (χ4n) is 1.58. The smallest absolute Gasteiger partial charge is 0.350 e. The SMILES string of the molecule is COC(=O)c1sc(Nc2cc(Br)ccc2C)nc1C. The monoisotopic (exact) mass is 340 g/mol. The first-order chi connectivity index (χ1) is 9.01. The van der Waals surface area contributed by atoms with Crippen molar-refractivity contribution in [1.82, 2.24) is 4.98 Å². The number of methoxy groups -OCH3 is 1. The van der Waals surface area contributed by atoms with E-state index in [4.69, 9.17) is 4.74 Å². The molecule has 0 atom stereocenters. The Morgan fingerprint density at radius 3 is 2.84 bits per heavy atom. The van der Waals surface area contributed by atoms with Gasteiger partial charge >= 0.3 is 5.97 Å². The van der Waals surface area contributed by atoms with E-state index in [1.54, 1.807) is 6.92 Å². The van der Waals surface area contributed by atoms with Crippen molar-refractivity contribution in [2.24, 2.45) is 0 Å². The van der Waals surface area contributed by atoms with E-state index in [0.29, 0.717) is 15.7 Å². The van der Waals surface area contributed by atoms with Gasteiger partial charge in [0.2, 0.25) is 0 Å². The summed E-state index contributed by atoms with van der Waals surface area (Å²) in [5.41, 5.74) is 2.74. The maximum absolute atomic E-state index is 11.5. The van der Waals surface area contributed by atoms with E-state index < -0.39 is 0 Å².